The Bertz CT molecular complexity index is 773. The molecule has 1 aromatic heterocycles. The van der Waals surface area contributed by atoms with Gasteiger partial charge in [-0.2, -0.15) is 0 Å². The summed E-state index contributed by atoms with van der Waals surface area (Å²) in [5, 5.41) is 0. The van der Waals surface area contributed by atoms with Crippen molar-refractivity contribution >= 4 is 6.09 Å². The lowest BCUT2D eigenvalue weighted by Crippen LogP contribution is -2.33. The number of H-pyrrole nitrogens is 1. The average Bonchev–Trinajstić information content (AvgIpc) is 2.45. The smallest absolute Gasteiger partial charge is 0.405 e. The average molecular weight is 328 g/mol. The molecule has 3 N–H and O–H groups in total. The van der Waals surface area contributed by atoms with Crippen LogP contribution >= 0.6 is 0 Å². The van der Waals surface area contributed by atoms with Crippen LogP contribution in [0.25, 0.3) is 0 Å². The van der Waals surface area contributed by atoms with Crippen LogP contribution in [0.4, 0.5) is 4.79 Å². The van der Waals surface area contributed by atoms with Crippen molar-refractivity contribution in [3.63, 3.8) is 0 Å². The molecule has 2 aromatic rings. The molecular formula is C19H24N2O3. The number of primary amides is 1. The number of aryl methyl sites for hydroxylation is 1. The van der Waals surface area contributed by atoms with Crippen molar-refractivity contribution in [2.24, 2.45) is 11.1 Å². The maximum atomic E-state index is 12.6. The molecule has 0 aliphatic carbocycles. The number of hydrogen-bond acceptors (Lipinski definition) is 3. The summed E-state index contributed by atoms with van der Waals surface area (Å²) in [6.45, 7) is 7.56. The Hall–Kier alpha value is -2.56. The Morgan fingerprint density at radius 3 is 2.42 bits per heavy atom. The van der Waals surface area contributed by atoms with E-state index in [-0.39, 0.29) is 5.56 Å². The molecule has 0 aliphatic heterocycles. The minimum absolute atomic E-state index is 0.248. The van der Waals surface area contributed by atoms with Crippen molar-refractivity contribution in [2.75, 3.05) is 0 Å². The van der Waals surface area contributed by atoms with Crippen LogP contribution < -0.4 is 11.3 Å². The SMILES string of the molecule is Cc1cc(Cc2ccccc2)c(C(OC(N)=O)C(C)(C)C)c(=O)[nH]1. The first-order valence-electron chi connectivity index (χ1n) is 7.91. The molecule has 1 amide bonds. The fourth-order valence-corrected chi connectivity index (χ4v) is 2.80. The highest BCUT2D eigenvalue weighted by atomic mass is 16.6. The fraction of sp³-hybridized carbons (Fsp3) is 0.368. The number of benzene rings is 1. The van der Waals surface area contributed by atoms with E-state index in [0.29, 0.717) is 12.0 Å². The van der Waals surface area contributed by atoms with Gasteiger partial charge in [-0.05, 0) is 30.5 Å². The van der Waals surface area contributed by atoms with Crippen LogP contribution in [-0.4, -0.2) is 11.1 Å². The minimum atomic E-state index is -0.888. The van der Waals surface area contributed by atoms with Crippen LogP contribution in [0, 0.1) is 12.3 Å². The predicted octanol–water partition coefficient (Wildman–Crippen LogP) is 3.46. The highest BCUT2D eigenvalue weighted by molar-refractivity contribution is 5.65. The zero-order valence-electron chi connectivity index (χ0n) is 14.6. The number of rotatable bonds is 4. The van der Waals surface area contributed by atoms with Crippen molar-refractivity contribution < 1.29 is 9.53 Å². The molecule has 0 fully saturated rings. The van der Waals surface area contributed by atoms with Crippen LogP contribution in [0.5, 0.6) is 0 Å². The first-order chi connectivity index (χ1) is 11.2. The van der Waals surface area contributed by atoms with E-state index in [1.165, 1.54) is 0 Å². The third kappa shape index (κ3) is 4.25. The van der Waals surface area contributed by atoms with Gasteiger partial charge in [-0.1, -0.05) is 51.1 Å². The molecular weight excluding hydrogens is 304 g/mol. The van der Waals surface area contributed by atoms with Gasteiger partial charge in [-0.25, -0.2) is 4.79 Å². The summed E-state index contributed by atoms with van der Waals surface area (Å²) >= 11 is 0. The van der Waals surface area contributed by atoms with Crippen LogP contribution in [0.1, 0.15) is 49.3 Å². The zero-order valence-corrected chi connectivity index (χ0v) is 14.6. The van der Waals surface area contributed by atoms with Gasteiger partial charge in [-0.15, -0.1) is 0 Å². The van der Waals surface area contributed by atoms with Gasteiger partial charge in [0.2, 0.25) is 0 Å². The van der Waals surface area contributed by atoms with E-state index in [0.717, 1.165) is 16.8 Å². The van der Waals surface area contributed by atoms with Gasteiger partial charge in [0.25, 0.3) is 5.56 Å². The number of carbonyl (C=O) groups is 1. The maximum Gasteiger partial charge on any atom is 0.405 e. The summed E-state index contributed by atoms with van der Waals surface area (Å²) in [6.07, 6.45) is -1.03. The van der Waals surface area contributed by atoms with E-state index in [9.17, 15) is 9.59 Å². The number of hydrogen-bond donors (Lipinski definition) is 2. The number of aromatic amines is 1. The number of carbonyl (C=O) groups excluding carboxylic acids is 1. The summed E-state index contributed by atoms with van der Waals surface area (Å²) in [5.74, 6) is 0. The molecule has 24 heavy (non-hydrogen) atoms. The van der Waals surface area contributed by atoms with Gasteiger partial charge < -0.3 is 15.5 Å². The predicted molar refractivity (Wildman–Crippen MR) is 93.9 cm³/mol. The normalized spacial score (nSPS) is 12.7. The Balaban J connectivity index is 2.58. The Morgan fingerprint density at radius 2 is 1.88 bits per heavy atom. The summed E-state index contributed by atoms with van der Waals surface area (Å²) in [5.41, 5.74) is 7.65. The molecule has 5 nitrogen and oxygen atoms in total. The van der Waals surface area contributed by atoms with Gasteiger partial charge in [0.15, 0.2) is 0 Å². The minimum Gasteiger partial charge on any atom is -0.441 e. The summed E-state index contributed by atoms with van der Waals surface area (Å²) in [4.78, 5) is 26.8. The molecule has 5 heteroatoms. The number of ether oxygens (including phenoxy) is 1. The molecule has 2 rings (SSSR count). The number of nitrogens with one attached hydrogen (secondary N) is 1. The summed E-state index contributed by atoms with van der Waals surface area (Å²) in [7, 11) is 0. The van der Waals surface area contributed by atoms with E-state index >= 15 is 0 Å². The Morgan fingerprint density at radius 1 is 1.25 bits per heavy atom. The van der Waals surface area contributed by atoms with E-state index < -0.39 is 17.6 Å². The van der Waals surface area contributed by atoms with Gasteiger partial charge in [0, 0.05) is 11.1 Å². The highest BCUT2D eigenvalue weighted by Crippen LogP contribution is 2.36. The molecule has 0 saturated heterocycles. The van der Waals surface area contributed by atoms with Gasteiger partial charge in [0.1, 0.15) is 6.10 Å². The lowest BCUT2D eigenvalue weighted by atomic mass is 9.82. The quantitative estimate of drug-likeness (QED) is 0.901. The highest BCUT2D eigenvalue weighted by Gasteiger charge is 2.33. The second-order valence-corrected chi connectivity index (χ2v) is 7.07. The summed E-state index contributed by atoms with van der Waals surface area (Å²) in [6, 6.07) is 11.8. The lowest BCUT2D eigenvalue weighted by molar-refractivity contribution is 0.0345. The molecule has 0 aliphatic rings. The molecule has 1 aromatic carbocycles. The molecule has 0 bridgehead atoms. The third-order valence-electron chi connectivity index (χ3n) is 3.81. The van der Waals surface area contributed by atoms with E-state index in [4.69, 9.17) is 10.5 Å². The number of pyridine rings is 1. The fourth-order valence-electron chi connectivity index (χ4n) is 2.80. The topological polar surface area (TPSA) is 85.2 Å². The molecule has 1 atom stereocenters. The molecule has 1 heterocycles. The maximum absolute atomic E-state index is 12.6. The van der Waals surface area contributed by atoms with Crippen molar-refractivity contribution in [1.29, 1.82) is 0 Å². The van der Waals surface area contributed by atoms with E-state index in [1.54, 1.807) is 0 Å². The van der Waals surface area contributed by atoms with E-state index in [1.807, 2.05) is 64.1 Å². The molecule has 1 unspecified atom stereocenters. The van der Waals surface area contributed by atoms with Crippen LogP contribution in [0.2, 0.25) is 0 Å². The van der Waals surface area contributed by atoms with Crippen LogP contribution in [0.15, 0.2) is 41.2 Å². The molecule has 128 valence electrons. The van der Waals surface area contributed by atoms with Crippen LogP contribution in [-0.2, 0) is 11.2 Å². The lowest BCUT2D eigenvalue weighted by Gasteiger charge is -2.31. The third-order valence-corrected chi connectivity index (χ3v) is 3.81. The van der Waals surface area contributed by atoms with E-state index in [2.05, 4.69) is 4.98 Å². The monoisotopic (exact) mass is 328 g/mol. The largest absolute Gasteiger partial charge is 0.441 e. The first kappa shape index (κ1) is 17.8. The Labute approximate surface area is 141 Å². The van der Waals surface area contributed by atoms with Crippen molar-refractivity contribution in [1.82, 2.24) is 4.98 Å². The van der Waals surface area contributed by atoms with Gasteiger partial charge >= 0.3 is 6.09 Å². The second kappa shape index (κ2) is 6.91. The number of amides is 1. The standard InChI is InChI=1S/C19H24N2O3/c1-12-10-14(11-13-8-6-5-7-9-13)15(17(22)21-12)16(19(2,3)4)24-18(20)23/h5-10,16H,11H2,1-4H3,(H2,20,23)(H,21,22). The molecule has 0 spiro atoms. The van der Waals surface area contributed by atoms with Crippen LogP contribution in [0.3, 0.4) is 0 Å². The second-order valence-electron chi connectivity index (χ2n) is 7.07. The van der Waals surface area contributed by atoms with Gasteiger partial charge in [-0.3, -0.25) is 4.79 Å². The first-order valence-corrected chi connectivity index (χ1v) is 7.91. The molecule has 0 saturated carbocycles. The van der Waals surface area contributed by atoms with Crippen molar-refractivity contribution in [2.45, 2.75) is 40.2 Å². The Kier molecular flexibility index (Phi) is 5.12. The summed E-state index contributed by atoms with van der Waals surface area (Å²) < 4.78 is 5.32. The number of nitrogens with two attached hydrogens (primary N) is 1. The molecule has 0 radical (unpaired) electrons. The van der Waals surface area contributed by atoms with Gasteiger partial charge in [0.05, 0.1) is 5.56 Å². The van der Waals surface area contributed by atoms with Crippen molar-refractivity contribution in [3.8, 4) is 0 Å². The van der Waals surface area contributed by atoms with Crippen molar-refractivity contribution in [3.05, 3.63) is 69.1 Å². The zero-order chi connectivity index (χ0) is 17.9. The number of aromatic nitrogens is 1.